The second-order valence-corrected chi connectivity index (χ2v) is 4.74. The number of hydrogen-bond acceptors (Lipinski definition) is 3. The zero-order valence-corrected chi connectivity index (χ0v) is 9.79. The van der Waals surface area contributed by atoms with Crippen molar-refractivity contribution in [3.05, 3.63) is 22.4 Å². The molecule has 3 nitrogen and oxygen atoms in total. The summed E-state index contributed by atoms with van der Waals surface area (Å²) in [6, 6.07) is 2.05. The zero-order valence-electron chi connectivity index (χ0n) is 8.97. The predicted octanol–water partition coefficient (Wildman–Crippen LogP) is 2.00. The van der Waals surface area contributed by atoms with E-state index in [1.54, 1.807) is 11.3 Å². The van der Waals surface area contributed by atoms with E-state index >= 15 is 0 Å². The van der Waals surface area contributed by atoms with E-state index in [0.717, 1.165) is 5.56 Å². The van der Waals surface area contributed by atoms with E-state index in [1.165, 1.54) is 0 Å². The second kappa shape index (κ2) is 4.33. The van der Waals surface area contributed by atoms with Gasteiger partial charge in [0, 0.05) is 11.9 Å². The fourth-order valence-electron chi connectivity index (χ4n) is 1.74. The maximum atomic E-state index is 12.1. The standard InChI is InChI=1S/C11H15NO2S/c1-8-6-14-9(2)5-12(8)11(13)10-3-4-15-7-10/h3-4,7-9H,5-6H2,1-2H3/t8-,9+/m0/s1. The first-order valence-corrected chi connectivity index (χ1v) is 6.07. The van der Waals surface area contributed by atoms with Gasteiger partial charge in [-0.2, -0.15) is 11.3 Å². The Balaban J connectivity index is 2.12. The van der Waals surface area contributed by atoms with E-state index in [4.69, 9.17) is 4.74 Å². The van der Waals surface area contributed by atoms with Crippen LogP contribution in [0.25, 0.3) is 0 Å². The zero-order chi connectivity index (χ0) is 10.8. The Morgan fingerprint density at radius 3 is 3.07 bits per heavy atom. The molecule has 0 radical (unpaired) electrons. The van der Waals surface area contributed by atoms with Crippen LogP contribution in [0.3, 0.4) is 0 Å². The molecule has 0 N–H and O–H groups in total. The van der Waals surface area contributed by atoms with Gasteiger partial charge < -0.3 is 9.64 Å². The molecule has 0 saturated carbocycles. The molecular formula is C11H15NO2S. The first-order valence-electron chi connectivity index (χ1n) is 5.13. The van der Waals surface area contributed by atoms with Crippen LogP contribution in [0.2, 0.25) is 0 Å². The van der Waals surface area contributed by atoms with Gasteiger partial charge in [0.05, 0.1) is 24.3 Å². The summed E-state index contributed by atoms with van der Waals surface area (Å²) in [6.45, 7) is 5.35. The minimum Gasteiger partial charge on any atom is -0.375 e. The Hall–Kier alpha value is -0.870. The monoisotopic (exact) mass is 225 g/mol. The number of ether oxygens (including phenoxy) is 1. The quantitative estimate of drug-likeness (QED) is 0.731. The minimum atomic E-state index is 0.124. The third-order valence-corrected chi connectivity index (χ3v) is 3.32. The van der Waals surface area contributed by atoms with Gasteiger partial charge >= 0.3 is 0 Å². The Labute approximate surface area is 93.7 Å². The SMILES string of the molecule is C[C@@H]1CN(C(=O)c2ccsc2)[C@@H](C)CO1. The van der Waals surface area contributed by atoms with Crippen LogP contribution in [0.4, 0.5) is 0 Å². The molecular weight excluding hydrogens is 210 g/mol. The fourth-order valence-corrected chi connectivity index (χ4v) is 2.37. The highest BCUT2D eigenvalue weighted by Crippen LogP contribution is 2.16. The molecule has 4 heteroatoms. The predicted molar refractivity (Wildman–Crippen MR) is 60.2 cm³/mol. The van der Waals surface area contributed by atoms with Crippen molar-refractivity contribution in [2.24, 2.45) is 0 Å². The van der Waals surface area contributed by atoms with Gasteiger partial charge in [0.1, 0.15) is 0 Å². The molecule has 1 aromatic heterocycles. The van der Waals surface area contributed by atoms with Crippen molar-refractivity contribution in [3.8, 4) is 0 Å². The first kappa shape index (κ1) is 10.6. The Kier molecular flexibility index (Phi) is 3.07. The Morgan fingerprint density at radius 2 is 2.40 bits per heavy atom. The first-order chi connectivity index (χ1) is 7.18. The van der Waals surface area contributed by atoms with Crippen molar-refractivity contribution in [2.45, 2.75) is 26.0 Å². The van der Waals surface area contributed by atoms with Crippen LogP contribution in [-0.4, -0.2) is 36.1 Å². The maximum Gasteiger partial charge on any atom is 0.255 e. The van der Waals surface area contributed by atoms with Gasteiger partial charge in [0.2, 0.25) is 0 Å². The largest absolute Gasteiger partial charge is 0.375 e. The third-order valence-electron chi connectivity index (χ3n) is 2.64. The molecule has 0 bridgehead atoms. The van der Waals surface area contributed by atoms with Crippen LogP contribution >= 0.6 is 11.3 Å². The summed E-state index contributed by atoms with van der Waals surface area (Å²) in [6.07, 6.45) is 0.142. The van der Waals surface area contributed by atoms with Crippen LogP contribution in [0.1, 0.15) is 24.2 Å². The van der Waals surface area contributed by atoms with Gasteiger partial charge in [0.15, 0.2) is 0 Å². The summed E-state index contributed by atoms with van der Waals surface area (Å²) in [7, 11) is 0. The molecule has 2 atom stereocenters. The number of thiophene rings is 1. The van der Waals surface area contributed by atoms with Crippen LogP contribution in [-0.2, 0) is 4.74 Å². The number of carbonyl (C=O) groups is 1. The highest BCUT2D eigenvalue weighted by molar-refractivity contribution is 7.08. The molecule has 1 saturated heterocycles. The van der Waals surface area contributed by atoms with Crippen molar-refractivity contribution in [1.29, 1.82) is 0 Å². The van der Waals surface area contributed by atoms with E-state index in [2.05, 4.69) is 0 Å². The van der Waals surface area contributed by atoms with E-state index < -0.39 is 0 Å². The van der Waals surface area contributed by atoms with E-state index in [9.17, 15) is 4.79 Å². The molecule has 0 spiro atoms. The molecule has 1 amide bonds. The summed E-state index contributed by atoms with van der Waals surface area (Å²) in [5, 5.41) is 3.83. The lowest BCUT2D eigenvalue weighted by Gasteiger charge is -2.36. The van der Waals surface area contributed by atoms with Crippen LogP contribution in [0, 0.1) is 0 Å². The van der Waals surface area contributed by atoms with Gasteiger partial charge in [-0.25, -0.2) is 0 Å². The number of rotatable bonds is 1. The van der Waals surface area contributed by atoms with Crippen molar-refractivity contribution in [1.82, 2.24) is 4.90 Å². The molecule has 2 rings (SSSR count). The molecule has 0 aromatic carbocycles. The van der Waals surface area contributed by atoms with Crippen molar-refractivity contribution >= 4 is 17.2 Å². The molecule has 0 unspecified atom stereocenters. The number of morpholine rings is 1. The van der Waals surface area contributed by atoms with Gasteiger partial charge in [-0.05, 0) is 25.3 Å². The summed E-state index contributed by atoms with van der Waals surface area (Å²) in [4.78, 5) is 14.0. The maximum absolute atomic E-state index is 12.1. The molecule has 1 fully saturated rings. The Bertz CT molecular complexity index is 336. The van der Waals surface area contributed by atoms with Crippen LogP contribution in [0.15, 0.2) is 16.8 Å². The minimum absolute atomic E-state index is 0.124. The summed E-state index contributed by atoms with van der Waals surface area (Å²) < 4.78 is 5.50. The molecule has 82 valence electrons. The van der Waals surface area contributed by atoms with E-state index in [0.29, 0.717) is 13.2 Å². The summed E-state index contributed by atoms with van der Waals surface area (Å²) in [5.74, 6) is 0.124. The third kappa shape index (κ3) is 2.21. The van der Waals surface area contributed by atoms with Gasteiger partial charge in [-0.15, -0.1) is 0 Å². The van der Waals surface area contributed by atoms with Crippen LogP contribution < -0.4 is 0 Å². The molecule has 1 aromatic rings. The topological polar surface area (TPSA) is 29.5 Å². The Morgan fingerprint density at radius 1 is 1.60 bits per heavy atom. The van der Waals surface area contributed by atoms with Crippen LogP contribution in [0.5, 0.6) is 0 Å². The number of hydrogen-bond donors (Lipinski definition) is 0. The molecule has 1 aliphatic rings. The molecule has 1 aliphatic heterocycles. The van der Waals surface area contributed by atoms with Gasteiger partial charge in [-0.1, -0.05) is 0 Å². The molecule has 15 heavy (non-hydrogen) atoms. The van der Waals surface area contributed by atoms with E-state index in [1.807, 2.05) is 35.6 Å². The molecule has 0 aliphatic carbocycles. The number of nitrogens with zero attached hydrogens (tertiary/aromatic N) is 1. The smallest absolute Gasteiger partial charge is 0.255 e. The van der Waals surface area contributed by atoms with Crippen molar-refractivity contribution in [3.63, 3.8) is 0 Å². The van der Waals surface area contributed by atoms with Crippen molar-refractivity contribution in [2.75, 3.05) is 13.2 Å². The fraction of sp³-hybridized carbons (Fsp3) is 0.545. The molecule has 2 heterocycles. The second-order valence-electron chi connectivity index (χ2n) is 3.96. The lowest BCUT2D eigenvalue weighted by molar-refractivity contribution is -0.0386. The highest BCUT2D eigenvalue weighted by Gasteiger charge is 2.28. The number of carbonyl (C=O) groups excluding carboxylic acids is 1. The lowest BCUT2D eigenvalue weighted by Crippen LogP contribution is -2.50. The summed E-state index contributed by atoms with van der Waals surface area (Å²) >= 11 is 1.56. The highest BCUT2D eigenvalue weighted by atomic mass is 32.1. The average Bonchev–Trinajstić information content (AvgIpc) is 2.74. The lowest BCUT2D eigenvalue weighted by atomic mass is 10.1. The number of amides is 1. The van der Waals surface area contributed by atoms with E-state index in [-0.39, 0.29) is 18.1 Å². The normalized spacial score (nSPS) is 26.7. The average molecular weight is 225 g/mol. The van der Waals surface area contributed by atoms with Crippen molar-refractivity contribution < 1.29 is 9.53 Å². The van der Waals surface area contributed by atoms with Gasteiger partial charge in [-0.3, -0.25) is 4.79 Å². The summed E-state index contributed by atoms with van der Waals surface area (Å²) in [5.41, 5.74) is 0.793. The van der Waals surface area contributed by atoms with Gasteiger partial charge in [0.25, 0.3) is 5.91 Å².